The molecule has 0 unspecified atom stereocenters. The average Bonchev–Trinajstić information content (AvgIpc) is 2.40. The zero-order valence-electron chi connectivity index (χ0n) is 10.1. The van der Waals surface area contributed by atoms with Crippen LogP contribution < -0.4 is 10.1 Å². The Morgan fingerprint density at radius 3 is 2.39 bits per heavy atom. The first-order valence-electron chi connectivity index (χ1n) is 5.84. The molecule has 0 atom stereocenters. The third-order valence-electron chi connectivity index (χ3n) is 3.06. The molecule has 88 valence electrons. The molecule has 0 radical (unpaired) electrons. The van der Waals surface area contributed by atoms with E-state index in [0.29, 0.717) is 5.69 Å². The molecular formula is C15H13N2O+. The second-order valence-electron chi connectivity index (χ2n) is 4.26. The molecule has 0 fully saturated rings. The van der Waals surface area contributed by atoms with Crippen LogP contribution in [-0.4, -0.2) is 5.10 Å². The summed E-state index contributed by atoms with van der Waals surface area (Å²) in [6.45, 7) is 0. The van der Waals surface area contributed by atoms with Crippen LogP contribution in [0.25, 0.3) is 22.2 Å². The van der Waals surface area contributed by atoms with Crippen molar-refractivity contribution in [2.24, 2.45) is 7.05 Å². The molecule has 3 nitrogen and oxygen atoms in total. The predicted octanol–water partition coefficient (Wildman–Crippen LogP) is 2.02. The van der Waals surface area contributed by atoms with E-state index in [4.69, 9.17) is 0 Å². The van der Waals surface area contributed by atoms with Crippen LogP contribution in [0.3, 0.4) is 0 Å². The number of aromatic nitrogens is 2. The number of aryl methyl sites for hydroxylation is 1. The summed E-state index contributed by atoms with van der Waals surface area (Å²) in [6.07, 6.45) is 0. The zero-order chi connectivity index (χ0) is 12.5. The molecule has 0 saturated carbocycles. The van der Waals surface area contributed by atoms with Crippen LogP contribution >= 0.6 is 0 Å². The number of benzene rings is 2. The number of hydrogen-bond donors (Lipinski definition) is 1. The molecule has 0 saturated heterocycles. The molecular weight excluding hydrogens is 224 g/mol. The van der Waals surface area contributed by atoms with Gasteiger partial charge in [-0.15, -0.1) is 4.68 Å². The van der Waals surface area contributed by atoms with E-state index >= 15 is 0 Å². The van der Waals surface area contributed by atoms with E-state index < -0.39 is 0 Å². The van der Waals surface area contributed by atoms with Gasteiger partial charge >= 0.3 is 0 Å². The number of fused-ring (bicyclic) bond motifs is 1. The zero-order valence-corrected chi connectivity index (χ0v) is 10.1. The summed E-state index contributed by atoms with van der Waals surface area (Å²) < 4.78 is 1.78. The number of aromatic amines is 1. The summed E-state index contributed by atoms with van der Waals surface area (Å²) in [5.74, 6) is 0. The Morgan fingerprint density at radius 2 is 1.61 bits per heavy atom. The van der Waals surface area contributed by atoms with Crippen LogP contribution in [0.2, 0.25) is 0 Å². The fourth-order valence-corrected chi connectivity index (χ4v) is 2.22. The Morgan fingerprint density at radius 1 is 0.944 bits per heavy atom. The van der Waals surface area contributed by atoms with Gasteiger partial charge in [0.05, 0.1) is 10.9 Å². The maximum Gasteiger partial charge on any atom is 0.284 e. The van der Waals surface area contributed by atoms with Gasteiger partial charge in [0.1, 0.15) is 5.52 Å². The van der Waals surface area contributed by atoms with Crippen molar-refractivity contribution in [2.75, 3.05) is 0 Å². The monoisotopic (exact) mass is 237 g/mol. The lowest BCUT2D eigenvalue weighted by Crippen LogP contribution is -2.40. The Hall–Kier alpha value is -2.42. The largest absolute Gasteiger partial charge is 0.284 e. The van der Waals surface area contributed by atoms with Crippen molar-refractivity contribution in [2.45, 2.75) is 0 Å². The first kappa shape index (κ1) is 10.7. The highest BCUT2D eigenvalue weighted by molar-refractivity contribution is 5.80. The first-order valence-corrected chi connectivity index (χ1v) is 5.84. The number of nitrogens with zero attached hydrogens (tertiary/aromatic N) is 1. The van der Waals surface area contributed by atoms with Crippen LogP contribution in [0.4, 0.5) is 0 Å². The van der Waals surface area contributed by atoms with E-state index in [-0.39, 0.29) is 5.43 Å². The van der Waals surface area contributed by atoms with Gasteiger partial charge in [0, 0.05) is 0 Å². The molecule has 3 aromatic rings. The lowest BCUT2D eigenvalue weighted by molar-refractivity contribution is -0.718. The second kappa shape index (κ2) is 4.11. The molecule has 2 aromatic carbocycles. The van der Waals surface area contributed by atoms with E-state index in [2.05, 4.69) is 5.10 Å². The fraction of sp³-hybridized carbons (Fsp3) is 0.0667. The molecule has 1 aromatic heterocycles. The smallest absolute Gasteiger partial charge is 0.282 e. The molecule has 0 spiro atoms. The van der Waals surface area contributed by atoms with Gasteiger partial charge in [-0.2, -0.15) is 5.10 Å². The number of nitrogens with one attached hydrogen (secondary N) is 1. The van der Waals surface area contributed by atoms with Crippen LogP contribution in [0.15, 0.2) is 59.4 Å². The minimum atomic E-state index is 0.0537. The fourth-order valence-electron chi connectivity index (χ4n) is 2.22. The van der Waals surface area contributed by atoms with Gasteiger partial charge in [-0.25, -0.2) is 0 Å². The molecule has 1 N–H and O–H groups in total. The summed E-state index contributed by atoms with van der Waals surface area (Å²) in [4.78, 5) is 12.5. The molecule has 0 amide bonds. The maximum absolute atomic E-state index is 12.5. The topological polar surface area (TPSA) is 36.7 Å². The van der Waals surface area contributed by atoms with Gasteiger partial charge in [-0.05, 0) is 24.3 Å². The Kier molecular flexibility index (Phi) is 2.45. The Balaban J connectivity index is 2.41. The lowest BCUT2D eigenvalue weighted by atomic mass is 10.1. The van der Waals surface area contributed by atoms with Crippen molar-refractivity contribution in [1.29, 1.82) is 0 Å². The average molecular weight is 237 g/mol. The van der Waals surface area contributed by atoms with E-state index in [1.165, 1.54) is 0 Å². The van der Waals surface area contributed by atoms with E-state index in [0.717, 1.165) is 16.5 Å². The highest BCUT2D eigenvalue weighted by Crippen LogP contribution is 2.13. The quantitative estimate of drug-likeness (QED) is 0.646. The molecule has 1 heterocycles. The molecule has 3 rings (SSSR count). The molecule has 0 aliphatic rings. The van der Waals surface area contributed by atoms with Gasteiger partial charge in [0.2, 0.25) is 0 Å². The van der Waals surface area contributed by atoms with E-state index in [1.807, 2.05) is 61.6 Å². The van der Waals surface area contributed by atoms with Gasteiger partial charge in [-0.3, -0.25) is 4.79 Å². The van der Waals surface area contributed by atoms with Crippen LogP contribution in [0, 0.1) is 0 Å². The van der Waals surface area contributed by atoms with Crippen molar-refractivity contribution in [3.05, 3.63) is 64.8 Å². The van der Waals surface area contributed by atoms with Crippen molar-refractivity contribution in [3.8, 4) is 11.3 Å². The lowest BCUT2D eigenvalue weighted by Gasteiger charge is -2.01. The number of rotatable bonds is 1. The third kappa shape index (κ3) is 1.61. The predicted molar refractivity (Wildman–Crippen MR) is 71.2 cm³/mol. The minimum absolute atomic E-state index is 0.0537. The van der Waals surface area contributed by atoms with Crippen LogP contribution in [0.1, 0.15) is 0 Å². The van der Waals surface area contributed by atoms with Gasteiger partial charge in [0.25, 0.3) is 11.1 Å². The van der Waals surface area contributed by atoms with Gasteiger partial charge in [-0.1, -0.05) is 30.3 Å². The highest BCUT2D eigenvalue weighted by Gasteiger charge is 2.17. The Labute approximate surface area is 104 Å². The minimum Gasteiger partial charge on any atom is -0.282 e. The summed E-state index contributed by atoms with van der Waals surface area (Å²) in [5.41, 5.74) is 2.50. The molecule has 0 aliphatic carbocycles. The standard InChI is InChI=1S/C15H12N2O/c1-17-14(11-7-3-2-4-8-11)15(18)12-9-5-6-10-13(12)16-17/h2-10H,1H3/p+1. The SMILES string of the molecule is C[n+]1[nH]c2ccccc2c(=O)c1-c1ccccc1. The Bertz CT molecular complexity index is 760. The van der Waals surface area contributed by atoms with E-state index in [9.17, 15) is 4.79 Å². The van der Waals surface area contributed by atoms with Gasteiger partial charge in [0.15, 0.2) is 7.05 Å². The third-order valence-corrected chi connectivity index (χ3v) is 3.06. The summed E-state index contributed by atoms with van der Waals surface area (Å²) in [7, 11) is 1.86. The molecule has 3 heteroatoms. The highest BCUT2D eigenvalue weighted by atomic mass is 16.1. The number of H-pyrrole nitrogens is 1. The van der Waals surface area contributed by atoms with Crippen molar-refractivity contribution >= 4 is 10.9 Å². The summed E-state index contributed by atoms with van der Waals surface area (Å²) >= 11 is 0. The van der Waals surface area contributed by atoms with Crippen molar-refractivity contribution in [3.63, 3.8) is 0 Å². The van der Waals surface area contributed by atoms with Crippen molar-refractivity contribution < 1.29 is 4.68 Å². The van der Waals surface area contributed by atoms with E-state index in [1.54, 1.807) is 4.68 Å². The maximum atomic E-state index is 12.5. The van der Waals surface area contributed by atoms with Gasteiger partial charge < -0.3 is 0 Å². The normalized spacial score (nSPS) is 10.7. The molecule has 0 bridgehead atoms. The van der Waals surface area contributed by atoms with Crippen LogP contribution in [0.5, 0.6) is 0 Å². The number of para-hydroxylation sites is 1. The first-order chi connectivity index (χ1) is 8.77. The van der Waals surface area contributed by atoms with Crippen molar-refractivity contribution in [1.82, 2.24) is 5.10 Å². The van der Waals surface area contributed by atoms with Crippen LogP contribution in [-0.2, 0) is 7.05 Å². The second-order valence-corrected chi connectivity index (χ2v) is 4.26. The summed E-state index contributed by atoms with van der Waals surface area (Å²) in [6, 6.07) is 17.3. The number of hydrogen-bond acceptors (Lipinski definition) is 1. The molecule has 18 heavy (non-hydrogen) atoms. The molecule has 0 aliphatic heterocycles. The summed E-state index contributed by atoms with van der Waals surface area (Å²) in [5, 5.41) is 3.93.